The second-order valence-corrected chi connectivity index (χ2v) is 6.76. The summed E-state index contributed by atoms with van der Waals surface area (Å²) < 4.78 is 6.47. The highest BCUT2D eigenvalue weighted by Gasteiger charge is 2.20. The van der Waals surface area contributed by atoms with E-state index in [1.165, 1.54) is 19.3 Å². The zero-order chi connectivity index (χ0) is 16.4. The Morgan fingerprint density at radius 2 is 1.75 bits per heavy atom. The molecule has 0 amide bonds. The van der Waals surface area contributed by atoms with E-state index in [0.29, 0.717) is 11.6 Å². The first-order valence-corrected chi connectivity index (χ1v) is 8.90. The maximum absolute atomic E-state index is 5.43. The minimum Gasteiger partial charge on any atom is -0.461 e. The number of piperidine rings is 1. The van der Waals surface area contributed by atoms with Gasteiger partial charge in [-0.25, -0.2) is 4.98 Å². The van der Waals surface area contributed by atoms with E-state index in [4.69, 9.17) is 9.40 Å². The summed E-state index contributed by atoms with van der Waals surface area (Å²) in [7, 11) is 0. The Bertz CT molecular complexity index is 812. The molecular weight excluding hydrogens is 368 g/mol. The van der Waals surface area contributed by atoms with Gasteiger partial charge in [-0.3, -0.25) is 0 Å². The van der Waals surface area contributed by atoms with Gasteiger partial charge in [0, 0.05) is 23.1 Å². The van der Waals surface area contributed by atoms with Crippen molar-refractivity contribution >= 4 is 21.7 Å². The highest BCUT2D eigenvalue weighted by molar-refractivity contribution is 9.10. The largest absolute Gasteiger partial charge is 0.461 e. The van der Waals surface area contributed by atoms with Gasteiger partial charge in [0.05, 0.1) is 6.26 Å². The van der Waals surface area contributed by atoms with Crippen molar-refractivity contribution in [2.75, 3.05) is 18.0 Å². The van der Waals surface area contributed by atoms with E-state index in [9.17, 15) is 0 Å². The molecule has 0 aliphatic carbocycles. The molecule has 0 radical (unpaired) electrons. The summed E-state index contributed by atoms with van der Waals surface area (Å²) in [6.07, 6.45) is 5.26. The molecule has 1 aliphatic rings. The van der Waals surface area contributed by atoms with Gasteiger partial charge >= 0.3 is 0 Å². The van der Waals surface area contributed by atoms with Crippen molar-refractivity contribution in [3.8, 4) is 22.8 Å². The van der Waals surface area contributed by atoms with Crippen LogP contribution in [0.25, 0.3) is 22.8 Å². The first-order valence-electron chi connectivity index (χ1n) is 8.11. The summed E-state index contributed by atoms with van der Waals surface area (Å²) in [6, 6.07) is 11.8. The quantitative estimate of drug-likeness (QED) is 0.662. The van der Waals surface area contributed by atoms with Crippen LogP contribution < -0.4 is 4.90 Å². The highest BCUT2D eigenvalue weighted by Crippen LogP contribution is 2.31. The fraction of sp³-hybridized carbons (Fsp3) is 0.278. The normalized spacial score (nSPS) is 14.8. The van der Waals surface area contributed by atoms with Gasteiger partial charge < -0.3 is 9.32 Å². The smallest absolute Gasteiger partial charge is 0.219 e. The maximum Gasteiger partial charge on any atom is 0.219 e. The van der Waals surface area contributed by atoms with Crippen LogP contribution in [0.4, 0.5) is 5.82 Å². The average Bonchev–Trinajstić information content (AvgIpc) is 3.17. The molecule has 2 aromatic heterocycles. The van der Waals surface area contributed by atoms with Crippen LogP contribution in [-0.4, -0.2) is 28.3 Å². The third-order valence-electron chi connectivity index (χ3n) is 4.18. The third-order valence-corrected chi connectivity index (χ3v) is 4.71. The molecule has 0 bridgehead atoms. The molecule has 0 spiro atoms. The van der Waals surface area contributed by atoms with Crippen LogP contribution in [0.2, 0.25) is 0 Å². The number of anilines is 1. The minimum atomic E-state index is 0.529. The number of hydrogen-bond acceptors (Lipinski definition) is 5. The Balaban J connectivity index is 1.81. The number of rotatable bonds is 3. The van der Waals surface area contributed by atoms with Crippen LogP contribution in [0.3, 0.4) is 0 Å². The first-order chi connectivity index (χ1) is 11.8. The van der Waals surface area contributed by atoms with Gasteiger partial charge in [-0.2, -0.15) is 0 Å². The number of nitrogens with zero attached hydrogens (tertiary/aromatic N) is 4. The lowest BCUT2D eigenvalue weighted by Gasteiger charge is -2.28. The zero-order valence-corrected chi connectivity index (χ0v) is 14.7. The lowest BCUT2D eigenvalue weighted by atomic mass is 10.1. The second-order valence-electron chi connectivity index (χ2n) is 5.84. The van der Waals surface area contributed by atoms with Crippen LogP contribution in [-0.2, 0) is 0 Å². The van der Waals surface area contributed by atoms with Crippen molar-refractivity contribution in [3.05, 3.63) is 47.1 Å². The van der Waals surface area contributed by atoms with E-state index >= 15 is 0 Å². The molecule has 0 saturated carbocycles. The van der Waals surface area contributed by atoms with Crippen molar-refractivity contribution in [1.82, 2.24) is 15.2 Å². The fourth-order valence-electron chi connectivity index (χ4n) is 2.95. The van der Waals surface area contributed by atoms with Gasteiger partial charge in [0.2, 0.25) is 5.82 Å². The summed E-state index contributed by atoms with van der Waals surface area (Å²) in [5.74, 6) is 2.06. The average molecular weight is 385 g/mol. The van der Waals surface area contributed by atoms with E-state index in [0.717, 1.165) is 34.6 Å². The van der Waals surface area contributed by atoms with Crippen molar-refractivity contribution in [3.63, 3.8) is 0 Å². The molecule has 0 N–H and O–H groups in total. The number of halogens is 1. The van der Waals surface area contributed by atoms with Crippen LogP contribution >= 0.6 is 15.9 Å². The lowest BCUT2D eigenvalue weighted by molar-refractivity contribution is 0.566. The van der Waals surface area contributed by atoms with E-state index in [-0.39, 0.29) is 0 Å². The third kappa shape index (κ3) is 3.06. The lowest BCUT2D eigenvalue weighted by Crippen LogP contribution is -2.31. The van der Waals surface area contributed by atoms with E-state index in [1.54, 1.807) is 6.26 Å². The molecule has 5 nitrogen and oxygen atoms in total. The molecule has 0 unspecified atom stereocenters. The van der Waals surface area contributed by atoms with Crippen molar-refractivity contribution in [2.24, 2.45) is 0 Å². The summed E-state index contributed by atoms with van der Waals surface area (Å²) in [5.41, 5.74) is 1.84. The Kier molecular flexibility index (Phi) is 4.30. The number of aromatic nitrogens is 3. The molecule has 0 atom stereocenters. The Morgan fingerprint density at radius 1 is 0.958 bits per heavy atom. The Labute approximate surface area is 148 Å². The molecule has 1 fully saturated rings. The summed E-state index contributed by atoms with van der Waals surface area (Å²) in [5, 5.41) is 8.76. The maximum atomic E-state index is 5.43. The molecular formula is C18H17BrN4O. The number of hydrogen-bond donors (Lipinski definition) is 0. The Hall–Kier alpha value is -2.21. The molecule has 122 valence electrons. The van der Waals surface area contributed by atoms with Crippen molar-refractivity contribution < 1.29 is 4.42 Å². The SMILES string of the molecule is Brc1ccc(-c2nnc(-c3ccco3)nc2N2CCCCC2)cc1. The zero-order valence-electron chi connectivity index (χ0n) is 13.2. The van der Waals surface area contributed by atoms with Gasteiger partial charge in [-0.05, 0) is 43.5 Å². The van der Waals surface area contributed by atoms with Crippen LogP contribution in [0.5, 0.6) is 0 Å². The van der Waals surface area contributed by atoms with Gasteiger partial charge in [0.15, 0.2) is 11.6 Å². The molecule has 6 heteroatoms. The van der Waals surface area contributed by atoms with Gasteiger partial charge in [0.25, 0.3) is 0 Å². The molecule has 3 aromatic rings. The monoisotopic (exact) mass is 384 g/mol. The van der Waals surface area contributed by atoms with Crippen molar-refractivity contribution in [1.29, 1.82) is 0 Å². The summed E-state index contributed by atoms with van der Waals surface area (Å²) >= 11 is 3.48. The topological polar surface area (TPSA) is 55.1 Å². The standard InChI is InChI=1S/C18H17BrN4O/c19-14-8-6-13(7-9-14)16-18(23-10-2-1-3-11-23)20-17(22-21-16)15-5-4-12-24-15/h4-9,12H,1-3,10-11H2. The van der Waals surface area contributed by atoms with E-state index in [2.05, 4.69) is 31.0 Å². The fourth-order valence-corrected chi connectivity index (χ4v) is 3.21. The van der Waals surface area contributed by atoms with Gasteiger partial charge in [0.1, 0.15) is 5.69 Å². The van der Waals surface area contributed by atoms with Crippen LogP contribution in [0.1, 0.15) is 19.3 Å². The number of benzene rings is 1. The van der Waals surface area contributed by atoms with Gasteiger partial charge in [-0.15, -0.1) is 10.2 Å². The molecule has 1 aliphatic heterocycles. The molecule has 1 aromatic carbocycles. The van der Waals surface area contributed by atoms with Crippen LogP contribution in [0, 0.1) is 0 Å². The predicted octanol–water partition coefficient (Wildman–Crippen LogP) is 4.55. The minimum absolute atomic E-state index is 0.529. The molecule has 24 heavy (non-hydrogen) atoms. The van der Waals surface area contributed by atoms with Gasteiger partial charge in [-0.1, -0.05) is 28.1 Å². The molecule has 1 saturated heterocycles. The Morgan fingerprint density at radius 3 is 2.46 bits per heavy atom. The summed E-state index contributed by atoms with van der Waals surface area (Å²) in [4.78, 5) is 7.09. The summed E-state index contributed by atoms with van der Waals surface area (Å²) in [6.45, 7) is 2.00. The van der Waals surface area contributed by atoms with E-state index < -0.39 is 0 Å². The van der Waals surface area contributed by atoms with Crippen LogP contribution in [0.15, 0.2) is 51.6 Å². The number of furan rings is 1. The predicted molar refractivity (Wildman–Crippen MR) is 96.7 cm³/mol. The molecule has 4 rings (SSSR count). The molecule has 3 heterocycles. The van der Waals surface area contributed by atoms with E-state index in [1.807, 2.05) is 36.4 Å². The van der Waals surface area contributed by atoms with Crippen molar-refractivity contribution in [2.45, 2.75) is 19.3 Å². The first kappa shape index (κ1) is 15.3. The highest BCUT2D eigenvalue weighted by atomic mass is 79.9. The second kappa shape index (κ2) is 6.73.